The summed E-state index contributed by atoms with van der Waals surface area (Å²) in [7, 11) is 0. The summed E-state index contributed by atoms with van der Waals surface area (Å²) in [5, 5.41) is 0.581. The lowest BCUT2D eigenvalue weighted by Crippen LogP contribution is -2.48. The van der Waals surface area contributed by atoms with Gasteiger partial charge in [0.1, 0.15) is 4.83 Å². The number of carbonyl (C=O) groups is 1. The molecule has 6 nitrogen and oxygen atoms in total. The van der Waals surface area contributed by atoms with E-state index < -0.39 is 0 Å². The van der Waals surface area contributed by atoms with Gasteiger partial charge in [-0.15, -0.1) is 11.3 Å². The maximum absolute atomic E-state index is 13.1. The molecule has 0 radical (unpaired) electrons. The normalized spacial score (nSPS) is 15.3. The second-order valence-electron chi connectivity index (χ2n) is 7.48. The molecule has 4 rings (SSSR count). The minimum absolute atomic E-state index is 0.0115. The molecule has 1 saturated heterocycles. The van der Waals surface area contributed by atoms with Crippen LogP contribution in [0.1, 0.15) is 27.7 Å². The lowest BCUT2D eigenvalue weighted by molar-refractivity contribution is 0.0654. The van der Waals surface area contributed by atoms with Crippen molar-refractivity contribution in [3.63, 3.8) is 0 Å². The number of benzene rings is 1. The van der Waals surface area contributed by atoms with Crippen molar-refractivity contribution in [2.75, 3.05) is 32.7 Å². The summed E-state index contributed by atoms with van der Waals surface area (Å²) in [6.07, 6.45) is 5.87. The quantitative estimate of drug-likeness (QED) is 0.633. The number of fused-ring (bicyclic) bond motifs is 1. The van der Waals surface area contributed by atoms with E-state index in [0.29, 0.717) is 34.7 Å². The van der Waals surface area contributed by atoms with Gasteiger partial charge in [0.2, 0.25) is 0 Å². The first-order chi connectivity index (χ1) is 14.6. The highest BCUT2D eigenvalue weighted by Crippen LogP contribution is 2.28. The number of hydrogen-bond donors (Lipinski definition) is 0. The monoisotopic (exact) mass is 422 g/mol. The smallest absolute Gasteiger partial charge is 0.264 e. The zero-order valence-corrected chi connectivity index (χ0v) is 18.2. The van der Waals surface area contributed by atoms with Crippen LogP contribution in [0.15, 0.2) is 47.5 Å². The maximum Gasteiger partial charge on any atom is 0.264 e. The Morgan fingerprint density at radius 2 is 1.90 bits per heavy atom. The number of amides is 1. The third kappa shape index (κ3) is 4.08. The van der Waals surface area contributed by atoms with E-state index in [-0.39, 0.29) is 11.5 Å². The Balaban J connectivity index is 1.41. The van der Waals surface area contributed by atoms with E-state index in [1.807, 2.05) is 36.9 Å². The molecule has 0 atom stereocenters. The third-order valence-electron chi connectivity index (χ3n) is 5.59. The molecule has 1 aliphatic rings. The van der Waals surface area contributed by atoms with Gasteiger partial charge in [-0.2, -0.15) is 0 Å². The predicted molar refractivity (Wildman–Crippen MR) is 122 cm³/mol. The molecule has 30 heavy (non-hydrogen) atoms. The molecular weight excluding hydrogens is 396 g/mol. The van der Waals surface area contributed by atoms with Crippen molar-refractivity contribution >= 4 is 33.5 Å². The van der Waals surface area contributed by atoms with E-state index in [2.05, 4.69) is 34.2 Å². The summed E-state index contributed by atoms with van der Waals surface area (Å²) < 4.78 is 1.58. The van der Waals surface area contributed by atoms with Crippen LogP contribution >= 0.6 is 11.3 Å². The van der Waals surface area contributed by atoms with Crippen molar-refractivity contribution in [1.82, 2.24) is 19.4 Å². The molecule has 1 fully saturated rings. The van der Waals surface area contributed by atoms with Crippen molar-refractivity contribution in [3.05, 3.63) is 69.1 Å². The van der Waals surface area contributed by atoms with Crippen LogP contribution in [0.25, 0.3) is 16.3 Å². The fraction of sp³-hybridized carbons (Fsp3) is 0.348. The maximum atomic E-state index is 13.1. The van der Waals surface area contributed by atoms with E-state index in [0.717, 1.165) is 25.2 Å². The first kappa shape index (κ1) is 20.5. The molecule has 1 amide bonds. The van der Waals surface area contributed by atoms with Crippen molar-refractivity contribution in [1.29, 1.82) is 0 Å². The van der Waals surface area contributed by atoms with Gasteiger partial charge in [0, 0.05) is 39.3 Å². The molecule has 0 aliphatic carbocycles. The highest BCUT2D eigenvalue weighted by Gasteiger charge is 2.26. The highest BCUT2D eigenvalue weighted by molar-refractivity contribution is 7.20. The van der Waals surface area contributed by atoms with Crippen molar-refractivity contribution < 1.29 is 4.79 Å². The molecule has 7 heteroatoms. The Hall–Kier alpha value is -2.77. The van der Waals surface area contributed by atoms with Crippen LogP contribution in [-0.2, 0) is 6.54 Å². The van der Waals surface area contributed by atoms with Gasteiger partial charge in [0.05, 0.1) is 16.6 Å². The summed E-state index contributed by atoms with van der Waals surface area (Å²) in [5.41, 5.74) is 1.89. The van der Waals surface area contributed by atoms with Crippen molar-refractivity contribution in [3.8, 4) is 0 Å². The predicted octanol–water partition coefficient (Wildman–Crippen LogP) is 3.26. The molecule has 2 aromatic heterocycles. The van der Waals surface area contributed by atoms with Crippen molar-refractivity contribution in [2.24, 2.45) is 0 Å². The first-order valence-electron chi connectivity index (χ1n) is 10.3. The summed E-state index contributed by atoms with van der Waals surface area (Å²) in [4.78, 5) is 35.7. The van der Waals surface area contributed by atoms with Gasteiger partial charge in [0.15, 0.2) is 0 Å². The minimum atomic E-state index is -0.0645. The van der Waals surface area contributed by atoms with E-state index in [1.165, 1.54) is 16.9 Å². The molecule has 0 saturated carbocycles. The topological polar surface area (TPSA) is 58.4 Å². The van der Waals surface area contributed by atoms with Crippen LogP contribution in [0.4, 0.5) is 0 Å². The average molecular weight is 423 g/mol. The lowest BCUT2D eigenvalue weighted by atomic mass is 10.2. The van der Waals surface area contributed by atoms with Crippen LogP contribution in [0, 0.1) is 6.92 Å². The molecule has 1 aliphatic heterocycles. The van der Waals surface area contributed by atoms with Crippen molar-refractivity contribution in [2.45, 2.75) is 20.4 Å². The third-order valence-corrected chi connectivity index (χ3v) is 6.77. The van der Waals surface area contributed by atoms with Crippen LogP contribution in [0.2, 0.25) is 0 Å². The molecule has 0 spiro atoms. The molecule has 3 aromatic rings. The van der Waals surface area contributed by atoms with Gasteiger partial charge in [-0.25, -0.2) is 4.98 Å². The van der Waals surface area contributed by atoms with Crippen LogP contribution < -0.4 is 5.56 Å². The lowest BCUT2D eigenvalue weighted by Gasteiger charge is -2.34. The number of aromatic nitrogens is 2. The van der Waals surface area contributed by atoms with Crippen LogP contribution in [0.5, 0.6) is 0 Å². The zero-order valence-electron chi connectivity index (χ0n) is 17.4. The van der Waals surface area contributed by atoms with E-state index >= 15 is 0 Å². The Morgan fingerprint density at radius 3 is 2.60 bits per heavy atom. The Morgan fingerprint density at radius 1 is 1.17 bits per heavy atom. The molecule has 3 heterocycles. The van der Waals surface area contributed by atoms with E-state index in [9.17, 15) is 9.59 Å². The molecule has 0 unspecified atom stereocenters. The molecular formula is C23H26N4O2S. The number of nitrogens with zero attached hydrogens (tertiary/aromatic N) is 4. The summed E-state index contributed by atoms with van der Waals surface area (Å²) >= 11 is 1.33. The summed E-state index contributed by atoms with van der Waals surface area (Å²) in [6.45, 7) is 8.29. The highest BCUT2D eigenvalue weighted by atomic mass is 32.1. The number of hydrogen-bond acceptors (Lipinski definition) is 5. The van der Waals surface area contributed by atoms with Gasteiger partial charge in [-0.1, -0.05) is 42.5 Å². The number of piperazine rings is 1. The SMILES string of the molecule is CCn1cnc2sc(C(=O)N3CCN(C/C=C/c4ccccc4)CC3)c(C)c2c1=O. The number of carbonyl (C=O) groups excluding carboxylic acids is 1. The standard InChI is InChI=1S/C23H26N4O2S/c1-3-26-16-24-21-19(22(26)28)17(2)20(30-21)23(29)27-14-12-25(13-15-27)11-7-10-18-8-5-4-6-9-18/h4-10,16H,3,11-15H2,1-2H3/b10-7+. The molecule has 0 N–H and O–H groups in total. The van der Waals surface area contributed by atoms with Gasteiger partial charge < -0.3 is 4.90 Å². The van der Waals surface area contributed by atoms with E-state index in [4.69, 9.17) is 0 Å². The minimum Gasteiger partial charge on any atom is -0.335 e. The fourth-order valence-corrected chi connectivity index (χ4v) is 4.87. The van der Waals surface area contributed by atoms with Gasteiger partial charge in [-0.05, 0) is 25.0 Å². The first-order valence-corrected chi connectivity index (χ1v) is 11.1. The van der Waals surface area contributed by atoms with Crippen LogP contribution in [0.3, 0.4) is 0 Å². The number of aryl methyl sites for hydroxylation is 2. The second kappa shape index (κ2) is 8.93. The van der Waals surface area contributed by atoms with Gasteiger partial charge in [0.25, 0.3) is 11.5 Å². The fourth-order valence-electron chi connectivity index (χ4n) is 3.77. The number of thiophene rings is 1. The zero-order chi connectivity index (χ0) is 21.1. The average Bonchev–Trinajstić information content (AvgIpc) is 3.12. The van der Waals surface area contributed by atoms with Crippen LogP contribution in [-0.4, -0.2) is 58.0 Å². The van der Waals surface area contributed by atoms with E-state index in [1.54, 1.807) is 10.9 Å². The van der Waals surface area contributed by atoms with Gasteiger partial charge in [-0.3, -0.25) is 19.1 Å². The Labute approximate surface area is 180 Å². The Bertz CT molecular complexity index is 1130. The second-order valence-corrected chi connectivity index (χ2v) is 8.48. The molecule has 0 bridgehead atoms. The largest absolute Gasteiger partial charge is 0.335 e. The Kier molecular flexibility index (Phi) is 6.11. The molecule has 1 aromatic carbocycles. The summed E-state index contributed by atoms with van der Waals surface area (Å²) in [5.74, 6) is 0.0115. The summed E-state index contributed by atoms with van der Waals surface area (Å²) in [6, 6.07) is 10.3. The molecule has 156 valence electrons. The van der Waals surface area contributed by atoms with Gasteiger partial charge >= 0.3 is 0 Å². The number of rotatable bonds is 5.